The van der Waals surface area contributed by atoms with Crippen LogP contribution < -0.4 is 10.6 Å². The lowest BCUT2D eigenvalue weighted by molar-refractivity contribution is 0.266. The molecule has 3 N–H and O–H groups in total. The molecular weight excluding hydrogens is 214 g/mol. The fourth-order valence-electron chi connectivity index (χ4n) is 1.97. The van der Waals surface area contributed by atoms with Crippen LogP contribution in [0.4, 0.5) is 11.5 Å². The highest BCUT2D eigenvalue weighted by Gasteiger charge is 2.26. The highest BCUT2D eigenvalue weighted by molar-refractivity contribution is 6.29. The number of hydrogen-bond donors (Lipinski definition) is 2. The number of hydrogen-bond acceptors (Lipinski definition) is 4. The van der Waals surface area contributed by atoms with Crippen LogP contribution in [0.5, 0.6) is 0 Å². The van der Waals surface area contributed by atoms with E-state index in [1.54, 1.807) is 12.1 Å². The van der Waals surface area contributed by atoms with Gasteiger partial charge in [0.2, 0.25) is 0 Å². The molecule has 0 radical (unpaired) electrons. The number of pyridine rings is 1. The first-order chi connectivity index (χ1) is 7.22. The van der Waals surface area contributed by atoms with Crippen molar-refractivity contribution in [1.29, 1.82) is 0 Å². The molecule has 1 atom stereocenters. The molecule has 0 spiro atoms. The standard InChI is InChI=1S/C10H14ClN3O/c11-9-4-3-8(12)10(13-9)14-5-1-2-7(14)6-15/h3-4,7,15H,1-2,5-6,12H2. The van der Waals surface area contributed by atoms with Crippen molar-refractivity contribution in [2.75, 3.05) is 23.8 Å². The van der Waals surface area contributed by atoms with E-state index in [0.717, 1.165) is 19.4 Å². The van der Waals surface area contributed by atoms with E-state index < -0.39 is 0 Å². The van der Waals surface area contributed by atoms with Crippen molar-refractivity contribution in [1.82, 2.24) is 4.98 Å². The largest absolute Gasteiger partial charge is 0.396 e. The van der Waals surface area contributed by atoms with Gasteiger partial charge in [-0.3, -0.25) is 0 Å². The van der Waals surface area contributed by atoms with E-state index in [4.69, 9.17) is 17.3 Å². The lowest BCUT2D eigenvalue weighted by Gasteiger charge is -2.25. The van der Waals surface area contributed by atoms with E-state index >= 15 is 0 Å². The van der Waals surface area contributed by atoms with Crippen LogP contribution in [0, 0.1) is 0 Å². The quantitative estimate of drug-likeness (QED) is 0.748. The maximum absolute atomic E-state index is 9.21. The van der Waals surface area contributed by atoms with Crippen LogP contribution in [0.3, 0.4) is 0 Å². The second-order valence-electron chi connectivity index (χ2n) is 3.72. The van der Waals surface area contributed by atoms with E-state index in [-0.39, 0.29) is 12.6 Å². The van der Waals surface area contributed by atoms with Crippen LogP contribution in [0.2, 0.25) is 5.15 Å². The van der Waals surface area contributed by atoms with Crippen LogP contribution in [-0.2, 0) is 0 Å². The number of aromatic nitrogens is 1. The summed E-state index contributed by atoms with van der Waals surface area (Å²) >= 11 is 5.83. The summed E-state index contributed by atoms with van der Waals surface area (Å²) in [5, 5.41) is 9.65. The third-order valence-electron chi connectivity index (χ3n) is 2.73. The maximum Gasteiger partial charge on any atom is 0.153 e. The molecule has 1 fully saturated rings. The molecule has 0 aliphatic carbocycles. The summed E-state index contributed by atoms with van der Waals surface area (Å²) in [5.41, 5.74) is 6.45. The van der Waals surface area contributed by atoms with Gasteiger partial charge in [-0.05, 0) is 25.0 Å². The normalized spacial score (nSPS) is 20.9. The molecule has 5 heteroatoms. The Morgan fingerprint density at radius 1 is 1.60 bits per heavy atom. The third kappa shape index (κ3) is 2.01. The van der Waals surface area contributed by atoms with Gasteiger partial charge in [-0.2, -0.15) is 0 Å². The van der Waals surface area contributed by atoms with Crippen molar-refractivity contribution in [3.05, 3.63) is 17.3 Å². The van der Waals surface area contributed by atoms with E-state index in [1.165, 1.54) is 0 Å². The molecule has 2 heterocycles. The molecule has 15 heavy (non-hydrogen) atoms. The van der Waals surface area contributed by atoms with Crippen molar-refractivity contribution in [3.8, 4) is 0 Å². The molecule has 82 valence electrons. The number of aliphatic hydroxyl groups is 1. The van der Waals surface area contributed by atoms with E-state index in [1.807, 2.05) is 4.90 Å². The van der Waals surface area contributed by atoms with Gasteiger partial charge in [0.15, 0.2) is 5.82 Å². The molecule has 1 unspecified atom stereocenters. The lowest BCUT2D eigenvalue weighted by Crippen LogP contribution is -2.33. The first-order valence-electron chi connectivity index (χ1n) is 5.02. The average Bonchev–Trinajstić information content (AvgIpc) is 2.69. The van der Waals surface area contributed by atoms with Crippen LogP contribution in [0.25, 0.3) is 0 Å². The first kappa shape index (κ1) is 10.5. The topological polar surface area (TPSA) is 62.4 Å². The number of nitrogens with zero attached hydrogens (tertiary/aromatic N) is 2. The Hall–Kier alpha value is -1.00. The number of aliphatic hydroxyl groups excluding tert-OH is 1. The monoisotopic (exact) mass is 227 g/mol. The number of anilines is 2. The minimum absolute atomic E-state index is 0.123. The van der Waals surface area contributed by atoms with Gasteiger partial charge in [-0.1, -0.05) is 11.6 Å². The number of nitrogen functional groups attached to an aromatic ring is 1. The van der Waals surface area contributed by atoms with Crippen LogP contribution in [-0.4, -0.2) is 29.3 Å². The van der Waals surface area contributed by atoms with Gasteiger partial charge < -0.3 is 15.7 Å². The summed E-state index contributed by atoms with van der Waals surface area (Å²) in [7, 11) is 0. The van der Waals surface area contributed by atoms with Gasteiger partial charge in [0.1, 0.15) is 5.15 Å². The van der Waals surface area contributed by atoms with Crippen LogP contribution >= 0.6 is 11.6 Å². The highest BCUT2D eigenvalue weighted by Crippen LogP contribution is 2.29. The maximum atomic E-state index is 9.21. The molecule has 1 aliphatic rings. The zero-order valence-electron chi connectivity index (χ0n) is 8.36. The zero-order chi connectivity index (χ0) is 10.8. The van der Waals surface area contributed by atoms with Gasteiger partial charge in [0.25, 0.3) is 0 Å². The molecule has 4 nitrogen and oxygen atoms in total. The number of nitrogens with two attached hydrogens (primary N) is 1. The minimum Gasteiger partial charge on any atom is -0.396 e. The van der Waals surface area contributed by atoms with Crippen LogP contribution in [0.15, 0.2) is 12.1 Å². The van der Waals surface area contributed by atoms with Crippen molar-refractivity contribution in [2.45, 2.75) is 18.9 Å². The summed E-state index contributed by atoms with van der Waals surface area (Å²) in [5.74, 6) is 0.694. The molecule has 1 aromatic rings. The van der Waals surface area contributed by atoms with E-state index in [9.17, 15) is 5.11 Å². The Labute approximate surface area is 93.7 Å². The third-order valence-corrected chi connectivity index (χ3v) is 2.94. The Morgan fingerprint density at radius 2 is 2.40 bits per heavy atom. The van der Waals surface area contributed by atoms with Gasteiger partial charge in [-0.25, -0.2) is 4.98 Å². The van der Waals surface area contributed by atoms with Crippen LogP contribution in [0.1, 0.15) is 12.8 Å². The van der Waals surface area contributed by atoms with Gasteiger partial charge >= 0.3 is 0 Å². The van der Waals surface area contributed by atoms with Crippen molar-refractivity contribution in [2.24, 2.45) is 0 Å². The van der Waals surface area contributed by atoms with E-state index in [0.29, 0.717) is 16.7 Å². The minimum atomic E-state index is 0.123. The Balaban J connectivity index is 2.31. The Morgan fingerprint density at radius 3 is 3.13 bits per heavy atom. The molecule has 0 aromatic carbocycles. The van der Waals surface area contributed by atoms with Gasteiger partial charge in [-0.15, -0.1) is 0 Å². The van der Waals surface area contributed by atoms with Crippen molar-refractivity contribution < 1.29 is 5.11 Å². The van der Waals surface area contributed by atoms with Gasteiger partial charge in [0, 0.05) is 6.54 Å². The SMILES string of the molecule is Nc1ccc(Cl)nc1N1CCCC1CO. The summed E-state index contributed by atoms with van der Waals surface area (Å²) < 4.78 is 0. The fourth-order valence-corrected chi connectivity index (χ4v) is 2.11. The van der Waals surface area contributed by atoms with Crippen molar-refractivity contribution in [3.63, 3.8) is 0 Å². The Kier molecular flexibility index (Phi) is 2.98. The number of halogens is 1. The molecule has 0 bridgehead atoms. The van der Waals surface area contributed by atoms with Crippen molar-refractivity contribution >= 4 is 23.1 Å². The molecular formula is C10H14ClN3O. The zero-order valence-corrected chi connectivity index (χ0v) is 9.11. The summed E-state index contributed by atoms with van der Waals surface area (Å²) in [6, 6.07) is 3.54. The fraction of sp³-hybridized carbons (Fsp3) is 0.500. The predicted octanol–water partition coefficient (Wildman–Crippen LogP) is 1.28. The Bertz CT molecular complexity index is 359. The smallest absolute Gasteiger partial charge is 0.153 e. The summed E-state index contributed by atoms with van der Waals surface area (Å²) in [6.45, 7) is 1.01. The molecule has 1 saturated heterocycles. The highest BCUT2D eigenvalue weighted by atomic mass is 35.5. The average molecular weight is 228 g/mol. The molecule has 1 aromatic heterocycles. The van der Waals surface area contributed by atoms with E-state index in [2.05, 4.69) is 4.98 Å². The molecule has 0 saturated carbocycles. The van der Waals surface area contributed by atoms with Gasteiger partial charge in [0.05, 0.1) is 18.3 Å². The predicted molar refractivity (Wildman–Crippen MR) is 61.1 cm³/mol. The first-order valence-corrected chi connectivity index (χ1v) is 5.39. The lowest BCUT2D eigenvalue weighted by atomic mass is 10.2. The summed E-state index contributed by atoms with van der Waals surface area (Å²) in [4.78, 5) is 6.24. The molecule has 0 amide bonds. The molecule has 1 aliphatic heterocycles. The number of rotatable bonds is 2. The summed E-state index contributed by atoms with van der Waals surface area (Å²) in [6.07, 6.45) is 2.03. The second kappa shape index (κ2) is 4.24. The molecule has 2 rings (SSSR count). The second-order valence-corrected chi connectivity index (χ2v) is 4.11.